The molecule has 0 aliphatic rings. The lowest BCUT2D eigenvalue weighted by Crippen LogP contribution is -2.38. The summed E-state index contributed by atoms with van der Waals surface area (Å²) in [4.78, 5) is 28.6. The molecule has 0 radical (unpaired) electrons. The lowest BCUT2D eigenvalue weighted by molar-refractivity contribution is -0.131. The van der Waals surface area contributed by atoms with E-state index in [-0.39, 0.29) is 18.6 Å². The molecule has 6 nitrogen and oxygen atoms in total. The number of aliphatic hydroxyl groups excluding tert-OH is 1. The Labute approximate surface area is 123 Å². The number of carbonyl (C=O) groups is 2. The SMILES string of the molecule is CC(C)N(CCCO)C(=O)c1cncc(C=CC(=O)O)c1. The molecule has 2 N–H and O–H groups in total. The van der Waals surface area contributed by atoms with Gasteiger partial charge >= 0.3 is 5.97 Å². The van der Waals surface area contributed by atoms with Crippen LogP contribution >= 0.6 is 0 Å². The van der Waals surface area contributed by atoms with E-state index in [9.17, 15) is 9.59 Å². The van der Waals surface area contributed by atoms with Gasteiger partial charge in [0.15, 0.2) is 0 Å². The van der Waals surface area contributed by atoms with Gasteiger partial charge in [-0.2, -0.15) is 0 Å². The zero-order valence-corrected chi connectivity index (χ0v) is 12.2. The molecule has 0 aliphatic heterocycles. The van der Waals surface area contributed by atoms with Gasteiger partial charge in [-0.25, -0.2) is 4.79 Å². The Bertz CT molecular complexity index is 526. The van der Waals surface area contributed by atoms with Gasteiger partial charge in [0.25, 0.3) is 5.91 Å². The first kappa shape index (κ1) is 16.8. The Morgan fingerprint density at radius 2 is 2.10 bits per heavy atom. The molecule has 0 unspecified atom stereocenters. The first-order valence-corrected chi connectivity index (χ1v) is 6.73. The number of rotatable bonds is 7. The maximum absolute atomic E-state index is 12.4. The van der Waals surface area contributed by atoms with E-state index in [1.54, 1.807) is 11.0 Å². The number of aromatic nitrogens is 1. The molecule has 0 aliphatic carbocycles. The second kappa shape index (κ2) is 8.16. The van der Waals surface area contributed by atoms with Crippen LogP contribution in [-0.4, -0.2) is 51.2 Å². The summed E-state index contributed by atoms with van der Waals surface area (Å²) in [5.74, 6) is -1.24. The minimum absolute atomic E-state index is 0.00210. The van der Waals surface area contributed by atoms with Crippen LogP contribution in [0.5, 0.6) is 0 Å². The highest BCUT2D eigenvalue weighted by Crippen LogP contribution is 2.11. The fraction of sp³-hybridized carbons (Fsp3) is 0.400. The van der Waals surface area contributed by atoms with Crippen LogP contribution in [-0.2, 0) is 4.79 Å². The maximum atomic E-state index is 12.4. The van der Waals surface area contributed by atoms with E-state index in [0.29, 0.717) is 24.1 Å². The molecule has 0 aromatic carbocycles. The van der Waals surface area contributed by atoms with Crippen LogP contribution in [0.3, 0.4) is 0 Å². The molecular formula is C15H20N2O4. The summed E-state index contributed by atoms with van der Waals surface area (Å²) in [6, 6.07) is 1.60. The van der Waals surface area contributed by atoms with Crippen LogP contribution in [0.2, 0.25) is 0 Å². The zero-order valence-electron chi connectivity index (χ0n) is 12.2. The van der Waals surface area contributed by atoms with Crippen molar-refractivity contribution in [1.82, 2.24) is 9.88 Å². The van der Waals surface area contributed by atoms with Crippen molar-refractivity contribution in [2.75, 3.05) is 13.2 Å². The third-order valence-electron chi connectivity index (χ3n) is 2.87. The van der Waals surface area contributed by atoms with Crippen LogP contribution in [0.1, 0.15) is 36.2 Å². The quantitative estimate of drug-likeness (QED) is 0.742. The number of carboxylic acids is 1. The lowest BCUT2D eigenvalue weighted by atomic mass is 10.1. The molecule has 0 fully saturated rings. The van der Waals surface area contributed by atoms with Crippen molar-refractivity contribution < 1.29 is 19.8 Å². The minimum atomic E-state index is -1.06. The number of amides is 1. The molecule has 0 saturated carbocycles. The molecule has 0 atom stereocenters. The predicted octanol–water partition coefficient (Wildman–Crippen LogP) is 1.41. The average Bonchev–Trinajstić information content (AvgIpc) is 2.45. The van der Waals surface area contributed by atoms with E-state index >= 15 is 0 Å². The average molecular weight is 292 g/mol. The molecule has 0 spiro atoms. The lowest BCUT2D eigenvalue weighted by Gasteiger charge is -2.26. The van der Waals surface area contributed by atoms with Crippen molar-refractivity contribution >= 4 is 18.0 Å². The van der Waals surface area contributed by atoms with Crippen LogP contribution in [0, 0.1) is 0 Å². The first-order chi connectivity index (χ1) is 9.95. The normalized spacial score (nSPS) is 11.0. The number of carbonyl (C=O) groups excluding carboxylic acids is 1. The fourth-order valence-electron chi connectivity index (χ4n) is 1.83. The first-order valence-electron chi connectivity index (χ1n) is 6.73. The fourth-order valence-corrected chi connectivity index (χ4v) is 1.83. The van der Waals surface area contributed by atoms with Crippen molar-refractivity contribution in [2.45, 2.75) is 26.3 Å². The number of hydrogen-bond donors (Lipinski definition) is 2. The molecule has 6 heteroatoms. The third-order valence-corrected chi connectivity index (χ3v) is 2.87. The molecule has 1 amide bonds. The number of hydrogen-bond acceptors (Lipinski definition) is 4. The predicted molar refractivity (Wildman–Crippen MR) is 78.8 cm³/mol. The summed E-state index contributed by atoms with van der Waals surface area (Å²) < 4.78 is 0. The monoisotopic (exact) mass is 292 g/mol. The molecule has 21 heavy (non-hydrogen) atoms. The van der Waals surface area contributed by atoms with Crippen LogP contribution < -0.4 is 0 Å². The van der Waals surface area contributed by atoms with Crippen LogP contribution in [0.4, 0.5) is 0 Å². The Balaban J connectivity index is 2.94. The zero-order chi connectivity index (χ0) is 15.8. The summed E-state index contributed by atoms with van der Waals surface area (Å²) in [6.07, 6.45) is 5.84. The summed E-state index contributed by atoms with van der Waals surface area (Å²) in [5, 5.41) is 17.5. The summed E-state index contributed by atoms with van der Waals surface area (Å²) in [6.45, 7) is 4.28. The van der Waals surface area contributed by atoms with Crippen molar-refractivity contribution in [3.05, 3.63) is 35.7 Å². The maximum Gasteiger partial charge on any atom is 0.328 e. The van der Waals surface area contributed by atoms with E-state index in [1.807, 2.05) is 13.8 Å². The van der Waals surface area contributed by atoms with E-state index in [2.05, 4.69) is 4.98 Å². The van der Waals surface area contributed by atoms with Gasteiger partial charge < -0.3 is 15.1 Å². The van der Waals surface area contributed by atoms with E-state index < -0.39 is 5.97 Å². The van der Waals surface area contributed by atoms with E-state index in [1.165, 1.54) is 18.5 Å². The minimum Gasteiger partial charge on any atom is -0.478 e. The van der Waals surface area contributed by atoms with Crippen molar-refractivity contribution in [3.63, 3.8) is 0 Å². The van der Waals surface area contributed by atoms with Gasteiger partial charge in [-0.1, -0.05) is 0 Å². The highest BCUT2D eigenvalue weighted by Gasteiger charge is 2.18. The highest BCUT2D eigenvalue weighted by atomic mass is 16.4. The topological polar surface area (TPSA) is 90.7 Å². The molecule has 0 saturated heterocycles. The molecular weight excluding hydrogens is 272 g/mol. The Morgan fingerprint density at radius 3 is 2.67 bits per heavy atom. The third kappa shape index (κ3) is 5.35. The highest BCUT2D eigenvalue weighted by molar-refractivity contribution is 5.95. The standard InChI is InChI=1S/C15H20N2O4/c1-11(2)17(6-3-7-18)15(21)13-8-12(9-16-10-13)4-5-14(19)20/h4-5,8-11,18H,3,6-7H2,1-2H3,(H,19,20). The van der Waals surface area contributed by atoms with E-state index in [4.69, 9.17) is 10.2 Å². The Morgan fingerprint density at radius 1 is 1.38 bits per heavy atom. The van der Waals surface area contributed by atoms with Gasteiger partial charge in [0.1, 0.15) is 0 Å². The molecule has 114 valence electrons. The second-order valence-corrected chi connectivity index (χ2v) is 4.85. The van der Waals surface area contributed by atoms with Gasteiger partial charge in [-0.05, 0) is 38.0 Å². The number of nitrogens with zero attached hydrogens (tertiary/aromatic N) is 2. The van der Waals surface area contributed by atoms with Gasteiger partial charge in [-0.3, -0.25) is 9.78 Å². The van der Waals surface area contributed by atoms with Crippen LogP contribution in [0.15, 0.2) is 24.5 Å². The van der Waals surface area contributed by atoms with Crippen molar-refractivity contribution in [2.24, 2.45) is 0 Å². The number of carboxylic acid groups (broad SMARTS) is 1. The van der Waals surface area contributed by atoms with Gasteiger partial charge in [0.2, 0.25) is 0 Å². The summed E-state index contributed by atoms with van der Waals surface area (Å²) >= 11 is 0. The number of aliphatic carboxylic acids is 1. The Hall–Kier alpha value is -2.21. The van der Waals surface area contributed by atoms with Crippen LogP contribution in [0.25, 0.3) is 6.08 Å². The largest absolute Gasteiger partial charge is 0.478 e. The smallest absolute Gasteiger partial charge is 0.328 e. The van der Waals surface area contributed by atoms with Gasteiger partial charge in [0, 0.05) is 37.7 Å². The molecule has 0 bridgehead atoms. The van der Waals surface area contributed by atoms with Gasteiger partial charge in [0.05, 0.1) is 5.56 Å². The van der Waals surface area contributed by atoms with E-state index in [0.717, 1.165) is 6.08 Å². The van der Waals surface area contributed by atoms with Crippen molar-refractivity contribution in [3.8, 4) is 0 Å². The summed E-state index contributed by atoms with van der Waals surface area (Å²) in [5.41, 5.74) is 0.947. The van der Waals surface area contributed by atoms with Crippen molar-refractivity contribution in [1.29, 1.82) is 0 Å². The Kier molecular flexibility index (Phi) is 6.55. The molecule has 1 rings (SSSR count). The summed E-state index contributed by atoms with van der Waals surface area (Å²) in [7, 11) is 0. The molecule has 1 aromatic heterocycles. The number of pyridine rings is 1. The van der Waals surface area contributed by atoms with Gasteiger partial charge in [-0.15, -0.1) is 0 Å². The molecule has 1 aromatic rings. The molecule has 1 heterocycles. The second-order valence-electron chi connectivity index (χ2n) is 4.85. The number of aliphatic hydroxyl groups is 1.